The summed E-state index contributed by atoms with van der Waals surface area (Å²) in [6.45, 7) is 4.04. The highest BCUT2D eigenvalue weighted by Gasteiger charge is 2.34. The van der Waals surface area contributed by atoms with Crippen LogP contribution in [0, 0.1) is 0 Å². The normalized spacial score (nSPS) is 18.4. The van der Waals surface area contributed by atoms with E-state index < -0.39 is 0 Å². The van der Waals surface area contributed by atoms with Gasteiger partial charge in [-0.3, -0.25) is 4.79 Å². The van der Waals surface area contributed by atoms with Crippen LogP contribution in [0.1, 0.15) is 37.4 Å². The fourth-order valence-corrected chi connectivity index (χ4v) is 3.16. The zero-order valence-corrected chi connectivity index (χ0v) is 14.6. The van der Waals surface area contributed by atoms with Crippen LogP contribution in [-0.4, -0.2) is 11.5 Å². The maximum atomic E-state index is 12.5. The molecule has 3 N–H and O–H groups in total. The first kappa shape index (κ1) is 16.7. The van der Waals surface area contributed by atoms with Crippen LogP contribution in [0.15, 0.2) is 42.5 Å². The lowest BCUT2D eigenvalue weighted by atomic mass is 9.89. The van der Waals surface area contributed by atoms with Crippen LogP contribution in [-0.2, 0) is 11.2 Å². The Hall–Kier alpha value is -2.20. The Balaban J connectivity index is 1.77. The molecule has 1 amide bonds. The van der Waals surface area contributed by atoms with Gasteiger partial charge in [-0.05, 0) is 49.7 Å². The van der Waals surface area contributed by atoms with Crippen LogP contribution < -0.4 is 15.8 Å². The van der Waals surface area contributed by atoms with Gasteiger partial charge in [-0.15, -0.1) is 0 Å². The summed E-state index contributed by atoms with van der Waals surface area (Å²) in [5.74, 6) is 0.741. The predicted octanol–water partition coefficient (Wildman–Crippen LogP) is 3.88. The maximum absolute atomic E-state index is 12.5. The van der Waals surface area contributed by atoms with Crippen molar-refractivity contribution in [3.05, 3.63) is 58.6 Å². The van der Waals surface area contributed by atoms with Crippen molar-refractivity contribution in [2.45, 2.75) is 38.3 Å². The highest BCUT2D eigenvalue weighted by molar-refractivity contribution is 6.30. The van der Waals surface area contributed by atoms with Gasteiger partial charge in [-0.25, -0.2) is 0 Å². The number of benzene rings is 2. The number of amides is 1. The average molecular weight is 345 g/mol. The van der Waals surface area contributed by atoms with E-state index in [9.17, 15) is 4.79 Å². The lowest BCUT2D eigenvalue weighted by Crippen LogP contribution is -2.41. The minimum atomic E-state index is -0.346. The molecule has 24 heavy (non-hydrogen) atoms. The molecule has 1 atom stereocenters. The Bertz CT molecular complexity index is 756. The summed E-state index contributed by atoms with van der Waals surface area (Å²) in [6, 6.07) is 12.7. The van der Waals surface area contributed by atoms with E-state index in [-0.39, 0.29) is 17.6 Å². The third-order valence-electron chi connectivity index (χ3n) is 4.10. The van der Waals surface area contributed by atoms with Gasteiger partial charge in [0, 0.05) is 22.7 Å². The monoisotopic (exact) mass is 344 g/mol. The smallest absolute Gasteiger partial charge is 0.224 e. The molecule has 2 aromatic rings. The molecule has 5 heteroatoms. The summed E-state index contributed by atoms with van der Waals surface area (Å²) in [5, 5.41) is 3.78. The maximum Gasteiger partial charge on any atom is 0.224 e. The van der Waals surface area contributed by atoms with E-state index >= 15 is 0 Å². The Morgan fingerprint density at radius 3 is 2.71 bits per heavy atom. The van der Waals surface area contributed by atoms with E-state index in [0.717, 1.165) is 16.9 Å². The highest BCUT2D eigenvalue weighted by Crippen LogP contribution is 2.40. The number of anilines is 1. The first-order chi connectivity index (χ1) is 11.3. The number of hydrogen-bond donors (Lipinski definition) is 2. The average Bonchev–Trinajstić information content (AvgIpc) is 2.49. The zero-order valence-electron chi connectivity index (χ0n) is 13.8. The first-order valence-electron chi connectivity index (χ1n) is 7.95. The number of carbonyl (C=O) groups is 1. The molecule has 1 aliphatic rings. The number of fused-ring (bicyclic) bond motifs is 1. The summed E-state index contributed by atoms with van der Waals surface area (Å²) in [4.78, 5) is 12.5. The van der Waals surface area contributed by atoms with Gasteiger partial charge < -0.3 is 15.8 Å². The Kier molecular flexibility index (Phi) is 4.41. The first-order valence-corrected chi connectivity index (χ1v) is 8.32. The van der Waals surface area contributed by atoms with Crippen molar-refractivity contribution in [1.82, 2.24) is 5.32 Å². The molecule has 0 saturated heterocycles. The molecule has 1 unspecified atom stereocenters. The van der Waals surface area contributed by atoms with Crippen molar-refractivity contribution in [3.8, 4) is 5.75 Å². The van der Waals surface area contributed by atoms with E-state index in [1.54, 1.807) is 12.1 Å². The number of hydrogen-bond acceptors (Lipinski definition) is 3. The molecule has 1 heterocycles. The molecule has 1 aliphatic heterocycles. The van der Waals surface area contributed by atoms with E-state index in [1.807, 2.05) is 44.2 Å². The summed E-state index contributed by atoms with van der Waals surface area (Å²) < 4.78 is 6.00. The van der Waals surface area contributed by atoms with E-state index in [4.69, 9.17) is 22.1 Å². The van der Waals surface area contributed by atoms with Crippen LogP contribution in [0.3, 0.4) is 0 Å². The Labute approximate surface area is 147 Å². The number of rotatable bonds is 3. The van der Waals surface area contributed by atoms with Crippen LogP contribution in [0.5, 0.6) is 5.75 Å². The molecular formula is C19H21ClN2O2. The second-order valence-corrected chi connectivity index (χ2v) is 7.22. The van der Waals surface area contributed by atoms with Gasteiger partial charge in [0.25, 0.3) is 0 Å². The van der Waals surface area contributed by atoms with Gasteiger partial charge in [0.1, 0.15) is 11.4 Å². The summed E-state index contributed by atoms with van der Waals surface area (Å²) >= 11 is 5.88. The highest BCUT2D eigenvalue weighted by atomic mass is 35.5. The second kappa shape index (κ2) is 6.36. The lowest BCUT2D eigenvalue weighted by Gasteiger charge is -2.38. The Morgan fingerprint density at radius 1 is 1.29 bits per heavy atom. The number of nitrogen functional groups attached to an aromatic ring is 1. The standard InChI is InChI=1S/C19H21ClN2O2/c1-19(2)11-16(15-10-14(21)7-8-17(15)24-19)22-18(23)9-12-3-5-13(20)6-4-12/h3-8,10,16H,9,11,21H2,1-2H3,(H,22,23). The van der Waals surface area contributed by atoms with Crippen LogP contribution in [0.25, 0.3) is 0 Å². The fraction of sp³-hybridized carbons (Fsp3) is 0.316. The molecule has 0 aromatic heterocycles. The molecule has 0 spiro atoms. The topological polar surface area (TPSA) is 64.4 Å². The lowest BCUT2D eigenvalue weighted by molar-refractivity contribution is -0.121. The minimum absolute atomic E-state index is 0.0339. The summed E-state index contributed by atoms with van der Waals surface area (Å²) in [6.07, 6.45) is 1.00. The second-order valence-electron chi connectivity index (χ2n) is 6.79. The van der Waals surface area contributed by atoms with Crippen molar-refractivity contribution in [2.24, 2.45) is 0 Å². The molecule has 3 rings (SSSR count). The molecule has 0 aliphatic carbocycles. The van der Waals surface area contributed by atoms with Crippen molar-refractivity contribution in [2.75, 3.05) is 5.73 Å². The molecule has 0 saturated carbocycles. The number of nitrogens with one attached hydrogen (secondary N) is 1. The largest absolute Gasteiger partial charge is 0.487 e. The van der Waals surface area contributed by atoms with Gasteiger partial charge in [0.05, 0.1) is 12.5 Å². The number of nitrogens with two attached hydrogens (primary N) is 1. The van der Waals surface area contributed by atoms with Crippen LogP contribution in [0.4, 0.5) is 5.69 Å². The number of halogens is 1. The van der Waals surface area contributed by atoms with E-state index in [2.05, 4.69) is 5.32 Å². The Morgan fingerprint density at radius 2 is 2.00 bits per heavy atom. The summed E-state index contributed by atoms with van der Waals surface area (Å²) in [7, 11) is 0. The molecule has 4 nitrogen and oxygen atoms in total. The van der Waals surface area contributed by atoms with Gasteiger partial charge in [-0.1, -0.05) is 23.7 Å². The predicted molar refractivity (Wildman–Crippen MR) is 96.2 cm³/mol. The fourth-order valence-electron chi connectivity index (χ4n) is 3.03. The minimum Gasteiger partial charge on any atom is -0.487 e. The van der Waals surface area contributed by atoms with Crippen LogP contribution >= 0.6 is 11.6 Å². The number of carbonyl (C=O) groups excluding carboxylic acids is 1. The molecule has 2 aromatic carbocycles. The van der Waals surface area contributed by atoms with Crippen molar-refractivity contribution >= 4 is 23.2 Å². The number of ether oxygens (including phenoxy) is 1. The van der Waals surface area contributed by atoms with Crippen molar-refractivity contribution in [3.63, 3.8) is 0 Å². The van der Waals surface area contributed by atoms with Gasteiger partial charge in [-0.2, -0.15) is 0 Å². The SMILES string of the molecule is CC1(C)CC(NC(=O)Cc2ccc(Cl)cc2)c2cc(N)ccc2O1. The third kappa shape index (κ3) is 3.82. The van der Waals surface area contributed by atoms with Crippen molar-refractivity contribution < 1.29 is 9.53 Å². The van der Waals surface area contributed by atoms with Gasteiger partial charge >= 0.3 is 0 Å². The van der Waals surface area contributed by atoms with Crippen LogP contribution in [0.2, 0.25) is 5.02 Å². The van der Waals surface area contributed by atoms with E-state index in [1.165, 1.54) is 0 Å². The third-order valence-corrected chi connectivity index (χ3v) is 4.36. The van der Waals surface area contributed by atoms with Gasteiger partial charge in [0.15, 0.2) is 0 Å². The quantitative estimate of drug-likeness (QED) is 0.830. The molecular weight excluding hydrogens is 324 g/mol. The molecule has 0 fully saturated rings. The van der Waals surface area contributed by atoms with Crippen molar-refractivity contribution in [1.29, 1.82) is 0 Å². The van der Waals surface area contributed by atoms with Gasteiger partial charge in [0.2, 0.25) is 5.91 Å². The molecule has 0 radical (unpaired) electrons. The zero-order chi connectivity index (χ0) is 17.3. The van der Waals surface area contributed by atoms with E-state index in [0.29, 0.717) is 23.6 Å². The molecule has 0 bridgehead atoms. The molecule has 126 valence electrons. The summed E-state index contributed by atoms with van der Waals surface area (Å²) in [5.41, 5.74) is 8.07.